The van der Waals surface area contributed by atoms with Crippen LogP contribution in [0.2, 0.25) is 5.02 Å². The highest BCUT2D eigenvalue weighted by Crippen LogP contribution is 2.31. The minimum Gasteiger partial charge on any atom is -0.309 e. The summed E-state index contributed by atoms with van der Waals surface area (Å²) in [6.07, 6.45) is 2.47. The van der Waals surface area contributed by atoms with Crippen LogP contribution in [0.15, 0.2) is 34.5 Å². The second-order valence-corrected chi connectivity index (χ2v) is 6.90. The Bertz CT molecular complexity index is 550. The molecule has 1 fully saturated rings. The zero-order chi connectivity index (χ0) is 13.1. The van der Waals surface area contributed by atoms with Gasteiger partial charge in [-0.3, -0.25) is 0 Å². The summed E-state index contributed by atoms with van der Waals surface area (Å²) in [6.45, 7) is 1.12. The molecule has 100 valence electrons. The molecule has 3 rings (SSSR count). The van der Waals surface area contributed by atoms with Crippen LogP contribution in [0.25, 0.3) is 0 Å². The van der Waals surface area contributed by atoms with E-state index in [-0.39, 0.29) is 0 Å². The molecule has 1 N–H and O–H groups in total. The summed E-state index contributed by atoms with van der Waals surface area (Å²) in [7, 11) is 0. The number of nitrogens with one attached hydrogen (secondary N) is 1. The Morgan fingerprint density at radius 2 is 2.32 bits per heavy atom. The van der Waals surface area contributed by atoms with Gasteiger partial charge in [-0.25, -0.2) is 4.98 Å². The topological polar surface area (TPSA) is 24.9 Å². The Morgan fingerprint density at radius 3 is 3.11 bits per heavy atom. The van der Waals surface area contributed by atoms with Crippen LogP contribution in [0.5, 0.6) is 0 Å². The number of thioether (sulfide) groups is 1. The van der Waals surface area contributed by atoms with E-state index in [9.17, 15) is 0 Å². The van der Waals surface area contributed by atoms with Gasteiger partial charge in [-0.15, -0.1) is 23.1 Å². The van der Waals surface area contributed by atoms with Crippen molar-refractivity contribution in [2.24, 2.45) is 0 Å². The lowest BCUT2D eigenvalue weighted by molar-refractivity contribution is 0.630. The fourth-order valence-electron chi connectivity index (χ4n) is 2.19. The summed E-state index contributed by atoms with van der Waals surface area (Å²) in [5.41, 5.74) is 1.21. The number of aromatic nitrogens is 1. The lowest BCUT2D eigenvalue weighted by Crippen LogP contribution is -2.13. The van der Waals surface area contributed by atoms with Crippen LogP contribution in [0.1, 0.15) is 29.6 Å². The second kappa shape index (κ2) is 6.27. The fourth-order valence-corrected chi connectivity index (χ4v) is 4.29. The van der Waals surface area contributed by atoms with Crippen molar-refractivity contribution in [1.82, 2.24) is 10.3 Å². The van der Waals surface area contributed by atoms with Crippen LogP contribution in [-0.2, 0) is 5.75 Å². The van der Waals surface area contributed by atoms with E-state index < -0.39 is 0 Å². The van der Waals surface area contributed by atoms with Gasteiger partial charge in [-0.05, 0) is 31.5 Å². The van der Waals surface area contributed by atoms with Crippen LogP contribution >= 0.6 is 34.7 Å². The van der Waals surface area contributed by atoms with E-state index in [2.05, 4.69) is 16.8 Å². The van der Waals surface area contributed by atoms with Crippen LogP contribution in [0.3, 0.4) is 0 Å². The highest BCUT2D eigenvalue weighted by molar-refractivity contribution is 7.98. The first-order chi connectivity index (χ1) is 9.33. The summed E-state index contributed by atoms with van der Waals surface area (Å²) in [5.74, 6) is 0.890. The van der Waals surface area contributed by atoms with Gasteiger partial charge < -0.3 is 5.32 Å². The van der Waals surface area contributed by atoms with Crippen LogP contribution < -0.4 is 5.32 Å². The van der Waals surface area contributed by atoms with E-state index in [0.29, 0.717) is 6.04 Å². The average Bonchev–Trinajstić information content (AvgIpc) is 3.09. The van der Waals surface area contributed by atoms with Gasteiger partial charge in [0.1, 0.15) is 5.01 Å². The van der Waals surface area contributed by atoms with E-state index in [0.717, 1.165) is 22.2 Å². The van der Waals surface area contributed by atoms with Gasteiger partial charge in [0.2, 0.25) is 0 Å². The maximum absolute atomic E-state index is 6.15. The zero-order valence-electron chi connectivity index (χ0n) is 10.4. The lowest BCUT2D eigenvalue weighted by atomic mass is 10.2. The zero-order valence-corrected chi connectivity index (χ0v) is 12.8. The van der Waals surface area contributed by atoms with E-state index in [1.54, 1.807) is 23.1 Å². The maximum Gasteiger partial charge on any atom is 0.103 e. The number of hydrogen-bond acceptors (Lipinski definition) is 4. The molecular weight excluding hydrogens is 296 g/mol. The smallest absolute Gasteiger partial charge is 0.103 e. The van der Waals surface area contributed by atoms with E-state index in [1.807, 2.05) is 18.2 Å². The van der Waals surface area contributed by atoms with Crippen molar-refractivity contribution < 1.29 is 0 Å². The van der Waals surface area contributed by atoms with E-state index in [1.165, 1.54) is 23.5 Å². The Hall–Kier alpha value is -0.550. The number of hydrogen-bond donors (Lipinski definition) is 1. The second-order valence-electron chi connectivity index (χ2n) is 4.53. The summed E-state index contributed by atoms with van der Waals surface area (Å²) < 4.78 is 0. The molecule has 0 spiro atoms. The third kappa shape index (κ3) is 3.31. The Morgan fingerprint density at radius 1 is 1.42 bits per heavy atom. The first-order valence-electron chi connectivity index (χ1n) is 6.38. The highest BCUT2D eigenvalue weighted by atomic mass is 35.5. The van der Waals surface area contributed by atoms with Crippen molar-refractivity contribution >= 4 is 34.7 Å². The van der Waals surface area contributed by atoms with E-state index >= 15 is 0 Å². The summed E-state index contributed by atoms with van der Waals surface area (Å²) in [4.78, 5) is 5.85. The summed E-state index contributed by atoms with van der Waals surface area (Å²) in [6, 6.07) is 8.43. The maximum atomic E-state index is 6.15. The number of rotatable bonds is 4. The van der Waals surface area contributed by atoms with Crippen molar-refractivity contribution in [3.63, 3.8) is 0 Å². The SMILES string of the molecule is Clc1ccccc1SCc1nc([C@@H]2CCCN2)cs1. The third-order valence-corrected chi connectivity index (χ3v) is 5.75. The quantitative estimate of drug-likeness (QED) is 0.841. The van der Waals surface area contributed by atoms with Gasteiger partial charge in [0.15, 0.2) is 0 Å². The van der Waals surface area contributed by atoms with Gasteiger partial charge in [0, 0.05) is 10.3 Å². The molecule has 1 atom stereocenters. The average molecular weight is 311 g/mol. The summed E-state index contributed by atoms with van der Waals surface area (Å²) in [5, 5.41) is 7.67. The molecule has 2 heterocycles. The molecule has 0 saturated carbocycles. The van der Waals surface area contributed by atoms with Crippen molar-refractivity contribution in [3.05, 3.63) is 45.4 Å². The number of thiazole rings is 1. The molecule has 1 aromatic heterocycles. The molecule has 1 aromatic carbocycles. The highest BCUT2D eigenvalue weighted by Gasteiger charge is 2.18. The van der Waals surface area contributed by atoms with Gasteiger partial charge in [0.05, 0.1) is 22.5 Å². The van der Waals surface area contributed by atoms with Crippen molar-refractivity contribution in [3.8, 4) is 0 Å². The molecule has 2 nitrogen and oxygen atoms in total. The van der Waals surface area contributed by atoms with Crippen LogP contribution in [-0.4, -0.2) is 11.5 Å². The number of benzene rings is 1. The number of halogens is 1. The standard InChI is InChI=1S/C14H15ClN2S2/c15-10-4-1-2-6-13(10)18-9-14-17-12(8-19-14)11-5-3-7-16-11/h1-2,4,6,8,11,16H,3,5,7,9H2/t11-/m0/s1. The molecular formula is C14H15ClN2S2. The third-order valence-electron chi connectivity index (χ3n) is 3.17. The van der Waals surface area contributed by atoms with Crippen molar-refractivity contribution in [2.75, 3.05) is 6.54 Å². The summed E-state index contributed by atoms with van der Waals surface area (Å²) >= 11 is 9.65. The molecule has 1 aliphatic heterocycles. The monoisotopic (exact) mass is 310 g/mol. The molecule has 2 aromatic rings. The molecule has 0 bridgehead atoms. The largest absolute Gasteiger partial charge is 0.309 e. The minimum absolute atomic E-state index is 0.468. The fraction of sp³-hybridized carbons (Fsp3) is 0.357. The Kier molecular flexibility index (Phi) is 4.43. The predicted octanol–water partition coefficient (Wildman–Crippen LogP) is 4.51. The number of nitrogens with zero attached hydrogens (tertiary/aromatic N) is 1. The van der Waals surface area contributed by atoms with Gasteiger partial charge in [-0.1, -0.05) is 23.7 Å². The van der Waals surface area contributed by atoms with Gasteiger partial charge >= 0.3 is 0 Å². The van der Waals surface area contributed by atoms with Crippen molar-refractivity contribution in [1.29, 1.82) is 0 Å². The lowest BCUT2D eigenvalue weighted by Gasteiger charge is -2.05. The molecule has 0 aliphatic carbocycles. The molecule has 19 heavy (non-hydrogen) atoms. The predicted molar refractivity (Wildman–Crippen MR) is 83.1 cm³/mol. The normalized spacial score (nSPS) is 18.9. The van der Waals surface area contributed by atoms with Crippen LogP contribution in [0.4, 0.5) is 0 Å². The Balaban J connectivity index is 1.63. The van der Waals surface area contributed by atoms with Gasteiger partial charge in [0.25, 0.3) is 0 Å². The molecule has 5 heteroatoms. The molecule has 0 amide bonds. The Labute approximate surface area is 126 Å². The molecule has 1 saturated heterocycles. The first kappa shape index (κ1) is 13.4. The minimum atomic E-state index is 0.468. The first-order valence-corrected chi connectivity index (χ1v) is 8.62. The molecule has 0 unspecified atom stereocenters. The van der Waals surface area contributed by atoms with Crippen LogP contribution in [0, 0.1) is 0 Å². The van der Waals surface area contributed by atoms with Gasteiger partial charge in [-0.2, -0.15) is 0 Å². The molecule has 1 aliphatic rings. The van der Waals surface area contributed by atoms with E-state index in [4.69, 9.17) is 16.6 Å². The molecule has 0 radical (unpaired) electrons. The van der Waals surface area contributed by atoms with Crippen molar-refractivity contribution in [2.45, 2.75) is 29.5 Å².